The average molecular weight is 1380 g/mol. The number of unbranched alkanes of at least 4 members (excludes halogenated alkanes) is 3. The lowest BCUT2D eigenvalue weighted by Gasteiger charge is -2.31. The van der Waals surface area contributed by atoms with Gasteiger partial charge in [0.2, 0.25) is 0 Å². The normalized spacial score (nSPS) is 17.3. The summed E-state index contributed by atoms with van der Waals surface area (Å²) in [6.45, 7) is 12.8. The fraction of sp³-hybridized carbons (Fsp3) is 0.343. The van der Waals surface area contributed by atoms with Gasteiger partial charge in [0.05, 0.1) is 13.2 Å². The molecule has 510 valence electrons. The monoisotopic (exact) mass is 1370 g/mol. The minimum Gasteiger partial charge on any atom is -0.444 e. The van der Waals surface area contributed by atoms with Crippen molar-refractivity contribution in [3.63, 3.8) is 0 Å². The lowest BCUT2D eigenvalue weighted by molar-refractivity contribution is -0.122. The third-order valence-electron chi connectivity index (χ3n) is 15.9. The topological polar surface area (TPSA) is 251 Å². The largest absolute Gasteiger partial charge is 0.444 e. The Morgan fingerprint density at radius 3 is 1.29 bits per heavy atom. The molecule has 0 atom stereocenters. The zero-order valence-corrected chi connectivity index (χ0v) is 56.9. The molecule has 1 saturated heterocycles. The van der Waals surface area contributed by atoms with Crippen LogP contribution in [0.1, 0.15) is 108 Å². The van der Waals surface area contributed by atoms with Gasteiger partial charge in [-0.1, -0.05) is 137 Å². The van der Waals surface area contributed by atoms with Crippen molar-refractivity contribution < 1.29 is 67.4 Å². The Morgan fingerprint density at radius 1 is 0.521 bits per heavy atom. The summed E-state index contributed by atoms with van der Waals surface area (Å²) in [5.74, 6) is -1.75. The van der Waals surface area contributed by atoms with Crippen molar-refractivity contribution in [1.29, 1.82) is 0 Å². The number of hydrogen-bond acceptors (Lipinski definition) is 17. The Balaban J connectivity index is 0.000000170. The number of halogens is 2. The maximum absolute atomic E-state index is 13.4. The van der Waals surface area contributed by atoms with Crippen molar-refractivity contribution in [3.8, 4) is 5.75 Å². The molecule has 6 aromatic carbocycles. The van der Waals surface area contributed by atoms with Gasteiger partial charge in [0, 0.05) is 68.6 Å². The number of alkyl halides is 2. The highest BCUT2D eigenvalue weighted by atomic mass is 32.2. The van der Waals surface area contributed by atoms with Gasteiger partial charge in [0.15, 0.2) is 0 Å². The van der Waals surface area contributed by atoms with Crippen molar-refractivity contribution in [3.05, 3.63) is 203 Å². The van der Waals surface area contributed by atoms with Crippen molar-refractivity contribution >= 4 is 91.3 Å². The van der Waals surface area contributed by atoms with E-state index < -0.39 is 60.0 Å². The van der Waals surface area contributed by atoms with Crippen molar-refractivity contribution in [1.82, 2.24) is 17.8 Å². The number of hydrogen-bond donors (Lipinski definition) is 3. The molecule has 21 nitrogen and oxygen atoms in total. The van der Waals surface area contributed by atoms with Crippen LogP contribution in [0.25, 0.3) is 14.7 Å². The fourth-order valence-corrected chi connectivity index (χ4v) is 16.3. The molecule has 6 aromatic rings. The van der Waals surface area contributed by atoms with Crippen LogP contribution in [0.15, 0.2) is 175 Å². The Labute approximate surface area is 560 Å². The number of morpholine rings is 1. The van der Waals surface area contributed by atoms with Gasteiger partial charge >= 0.3 is 12.7 Å². The van der Waals surface area contributed by atoms with Gasteiger partial charge in [-0.25, -0.2) is 43.0 Å². The van der Waals surface area contributed by atoms with Crippen molar-refractivity contribution in [2.45, 2.75) is 105 Å². The number of benzene rings is 6. The second-order valence-electron chi connectivity index (χ2n) is 24.0. The zero-order valence-electron chi connectivity index (χ0n) is 54.4. The second kappa shape index (κ2) is 31.2. The van der Waals surface area contributed by atoms with Crippen LogP contribution in [0.2, 0.25) is 0 Å². The molecule has 0 saturated carbocycles. The summed E-state index contributed by atoms with van der Waals surface area (Å²) in [5, 5.41) is 9.07. The Bertz CT molecular complexity index is 4230. The molecule has 11 rings (SSSR count). The predicted molar refractivity (Wildman–Crippen MR) is 367 cm³/mol. The highest BCUT2D eigenvalue weighted by Crippen LogP contribution is 2.40. The highest BCUT2D eigenvalue weighted by molar-refractivity contribution is 8.00. The van der Waals surface area contributed by atoms with Gasteiger partial charge in [-0.15, -0.1) is 0 Å². The number of fused-ring (bicyclic) bond motifs is 1. The predicted octanol–water partition coefficient (Wildman–Crippen LogP) is 12.0. The van der Waals surface area contributed by atoms with E-state index in [1.54, 1.807) is 89.8 Å². The second-order valence-corrected chi connectivity index (χ2v) is 29.4. The highest BCUT2D eigenvalue weighted by Gasteiger charge is 2.47. The Hall–Kier alpha value is -9.11. The van der Waals surface area contributed by atoms with Crippen LogP contribution in [0.3, 0.4) is 0 Å². The maximum Gasteiger partial charge on any atom is 0.410 e. The van der Waals surface area contributed by atoms with Crippen molar-refractivity contribution in [2.24, 2.45) is 0 Å². The van der Waals surface area contributed by atoms with E-state index in [1.165, 1.54) is 24.3 Å². The summed E-state index contributed by atoms with van der Waals surface area (Å²) in [7, 11) is -11.9. The zero-order chi connectivity index (χ0) is 69.0. The molecule has 0 spiro atoms. The molecule has 0 radical (unpaired) electrons. The van der Waals surface area contributed by atoms with E-state index in [-0.39, 0.29) is 63.3 Å². The molecule has 96 heavy (non-hydrogen) atoms. The van der Waals surface area contributed by atoms with Crippen LogP contribution in [0, 0.1) is 0 Å². The number of carbonyl (C=O) groups excluding carboxylic acids is 4. The summed E-state index contributed by atoms with van der Waals surface area (Å²) < 4.78 is 122. The number of ether oxygens (including phenoxy) is 3. The first-order valence-electron chi connectivity index (χ1n) is 31.9. The molecular weight excluding hydrogens is 1300 g/mol. The third kappa shape index (κ3) is 16.6. The van der Waals surface area contributed by atoms with E-state index in [1.807, 2.05) is 90.1 Å². The first-order chi connectivity index (χ1) is 45.9. The minimum absolute atomic E-state index is 0.00183. The van der Waals surface area contributed by atoms with Crippen LogP contribution >= 0.6 is 0 Å². The molecule has 0 unspecified atom stereocenters. The van der Waals surface area contributed by atoms with Crippen LogP contribution in [0.4, 0.5) is 36.3 Å². The Morgan fingerprint density at radius 2 is 0.906 bits per heavy atom. The first kappa shape index (κ1) is 71.2. The van der Waals surface area contributed by atoms with E-state index in [2.05, 4.69) is 25.6 Å². The van der Waals surface area contributed by atoms with E-state index in [9.17, 15) is 53.2 Å². The fourth-order valence-electron chi connectivity index (χ4n) is 11.1. The molecule has 0 bridgehead atoms. The lowest BCUT2D eigenvalue weighted by Crippen LogP contribution is -2.39. The molecule has 4 amide bonds. The molecular formula is C70H80F2N8O13S3. The molecule has 0 aliphatic carbocycles. The molecule has 3 N–H and O–H groups in total. The van der Waals surface area contributed by atoms with Crippen LogP contribution in [-0.4, -0.2) is 132 Å². The maximum atomic E-state index is 13.4. The van der Waals surface area contributed by atoms with E-state index in [4.69, 9.17) is 9.47 Å². The summed E-state index contributed by atoms with van der Waals surface area (Å²) in [6.07, 6.45) is 4.33. The van der Waals surface area contributed by atoms with E-state index in [0.717, 1.165) is 62.1 Å². The number of nitrogens with zero attached hydrogens (tertiary/aromatic N) is 5. The summed E-state index contributed by atoms with van der Waals surface area (Å²) in [6, 6.07) is 44.6. The number of rotatable bonds is 21. The molecule has 5 aliphatic heterocycles. The Kier molecular flexibility index (Phi) is 23.1. The molecule has 5 heterocycles. The summed E-state index contributed by atoms with van der Waals surface area (Å²) >= 11 is 0. The van der Waals surface area contributed by atoms with E-state index in [0.29, 0.717) is 85.7 Å². The average Bonchev–Trinajstić information content (AvgIpc) is 1.61. The summed E-state index contributed by atoms with van der Waals surface area (Å²) in [5.41, 5.74) is 5.65. The summed E-state index contributed by atoms with van der Waals surface area (Å²) in [4.78, 5) is 55.7. The van der Waals surface area contributed by atoms with Crippen LogP contribution < -0.4 is 25.6 Å². The standard InChI is InChI=1S/C27H33N3O5S.C23H27N3O4S.C20H20F2N2O4S/c1-5-6-15-30-25(31)23(24(36(30,33)34)19-10-8-7-9-11-19)28-22-13-12-21-18-29(16-14-20(21)17-22)26(32)35-27(2,3)4;1-2-3-13-26-23(27)21(22(31(26,28)29)18-7-5-4-6-8-18)24-19-9-11-20(12-10-19)25-14-16-30-17-15-25;1-2-3-13-24-19(25)17(18(29(24,26)27)14-7-5-4-6-8-14)23-15-9-11-16(12-10-15)28-20(21)22/h7-13,17,28H,5-6,14-16,18H2,1-4H3;4-12,24H,2-3,13-17H2,1H3;4-12,20,23H,2-3,13H2,1H3. The van der Waals surface area contributed by atoms with Gasteiger partial charge in [-0.2, -0.15) is 8.78 Å². The molecule has 26 heteroatoms. The van der Waals surface area contributed by atoms with Gasteiger partial charge < -0.3 is 40.0 Å². The van der Waals surface area contributed by atoms with Crippen LogP contribution in [-0.2, 0) is 66.9 Å². The minimum atomic E-state index is -4.02. The molecule has 1 fully saturated rings. The quantitative estimate of drug-likeness (QED) is 0.0606. The van der Waals surface area contributed by atoms with Gasteiger partial charge in [-0.3, -0.25) is 14.4 Å². The number of amides is 4. The smallest absolute Gasteiger partial charge is 0.410 e. The number of sulfonamides is 3. The van der Waals surface area contributed by atoms with Gasteiger partial charge in [0.1, 0.15) is 43.2 Å². The van der Waals surface area contributed by atoms with E-state index >= 15 is 0 Å². The van der Waals surface area contributed by atoms with Gasteiger partial charge in [0.25, 0.3) is 47.8 Å². The van der Waals surface area contributed by atoms with Crippen molar-refractivity contribution in [2.75, 3.05) is 73.3 Å². The van der Waals surface area contributed by atoms with Crippen LogP contribution in [0.5, 0.6) is 5.75 Å². The number of anilines is 4. The number of carbonyl (C=O) groups is 4. The lowest BCUT2D eigenvalue weighted by atomic mass is 9.99. The molecule has 0 aromatic heterocycles. The van der Waals surface area contributed by atoms with Gasteiger partial charge in [-0.05, 0) is 135 Å². The molecule has 5 aliphatic rings. The SMILES string of the molecule is CCCCN1C(=O)C(Nc2ccc(N3CCOCC3)cc2)=C(c2ccccc2)S1(=O)=O.CCCCN1C(=O)C(Nc2ccc(OC(F)F)cc2)=C(c2ccccc2)S1(=O)=O.CCCCN1C(=O)C(Nc2ccc3c(c2)CCN(C(=O)OC(C)(C)C)C3)=C(c2ccccc2)S1(=O)=O. The number of nitrogens with one attached hydrogen (secondary N) is 3. The first-order valence-corrected chi connectivity index (χ1v) is 36.2. The third-order valence-corrected chi connectivity index (χ3v) is 21.6.